The standard InChI is InChI=1S/C11H16N5O9P/c1-23-11(19)6(25-26(20,21)22)4(2-17)24-9(11)16-3-13-5-7(16)14-10(12)15-8(5)18/h3-4,6,9,17,19H,2H2,1H3,(H2,20,21,22)(H3,12,14,15,18)/t4-,6-,9-,11+/m1/s1. The molecule has 3 heterocycles. The van der Waals surface area contributed by atoms with Crippen molar-refractivity contribution in [2.75, 3.05) is 19.5 Å². The molecule has 3 rings (SSSR count). The summed E-state index contributed by atoms with van der Waals surface area (Å²) in [6, 6.07) is 0. The van der Waals surface area contributed by atoms with Gasteiger partial charge in [0, 0.05) is 7.11 Å². The molecule has 4 atom stereocenters. The molecule has 2 aromatic heterocycles. The monoisotopic (exact) mass is 393 g/mol. The molecular weight excluding hydrogens is 377 g/mol. The van der Waals surface area contributed by atoms with E-state index in [0.29, 0.717) is 0 Å². The number of anilines is 1. The number of nitrogens with one attached hydrogen (secondary N) is 1. The second-order valence-corrected chi connectivity index (χ2v) is 6.65. The normalized spacial score (nSPS) is 29.5. The topological polar surface area (TPSA) is 215 Å². The van der Waals surface area contributed by atoms with Gasteiger partial charge in [0.25, 0.3) is 5.56 Å². The zero-order valence-corrected chi connectivity index (χ0v) is 14.1. The first-order chi connectivity index (χ1) is 12.1. The number of aromatic nitrogens is 4. The average molecular weight is 393 g/mol. The molecule has 0 radical (unpaired) electrons. The zero-order chi connectivity index (χ0) is 19.3. The summed E-state index contributed by atoms with van der Waals surface area (Å²) in [7, 11) is -4.03. The number of aliphatic hydroxyl groups is 2. The highest BCUT2D eigenvalue weighted by molar-refractivity contribution is 7.46. The van der Waals surface area contributed by atoms with Crippen molar-refractivity contribution in [1.82, 2.24) is 19.5 Å². The number of aromatic amines is 1. The number of phosphoric ester groups is 1. The van der Waals surface area contributed by atoms with Crippen LogP contribution < -0.4 is 11.3 Å². The van der Waals surface area contributed by atoms with Crippen molar-refractivity contribution in [2.45, 2.75) is 24.2 Å². The minimum absolute atomic E-state index is 0.0831. The van der Waals surface area contributed by atoms with Gasteiger partial charge < -0.3 is 35.2 Å². The number of phosphoric acid groups is 1. The Morgan fingerprint density at radius 3 is 2.81 bits per heavy atom. The molecule has 26 heavy (non-hydrogen) atoms. The van der Waals surface area contributed by atoms with Gasteiger partial charge in [-0.1, -0.05) is 0 Å². The lowest BCUT2D eigenvalue weighted by Gasteiger charge is -2.32. The van der Waals surface area contributed by atoms with Crippen molar-refractivity contribution in [3.63, 3.8) is 0 Å². The molecular formula is C11H16N5O9P. The smallest absolute Gasteiger partial charge is 0.394 e. The molecule has 7 N–H and O–H groups in total. The van der Waals surface area contributed by atoms with Crippen molar-refractivity contribution in [3.05, 3.63) is 16.7 Å². The van der Waals surface area contributed by atoms with Crippen LogP contribution in [-0.4, -0.2) is 71.2 Å². The molecule has 0 aliphatic carbocycles. The summed E-state index contributed by atoms with van der Waals surface area (Å²) in [6.07, 6.45) is -3.55. The van der Waals surface area contributed by atoms with Gasteiger partial charge >= 0.3 is 7.82 Å². The molecule has 1 saturated heterocycles. The van der Waals surface area contributed by atoms with E-state index in [0.717, 1.165) is 18.0 Å². The summed E-state index contributed by atoms with van der Waals surface area (Å²) < 4.78 is 27.3. The largest absolute Gasteiger partial charge is 0.470 e. The Kier molecular flexibility index (Phi) is 4.62. The Morgan fingerprint density at radius 1 is 1.54 bits per heavy atom. The van der Waals surface area contributed by atoms with Crippen molar-refractivity contribution in [2.24, 2.45) is 0 Å². The van der Waals surface area contributed by atoms with Crippen molar-refractivity contribution in [3.8, 4) is 0 Å². The van der Waals surface area contributed by atoms with Crippen LogP contribution in [0.1, 0.15) is 6.23 Å². The zero-order valence-electron chi connectivity index (χ0n) is 13.2. The summed E-state index contributed by atoms with van der Waals surface area (Å²) in [5.41, 5.74) is 4.65. The van der Waals surface area contributed by atoms with E-state index in [-0.39, 0.29) is 17.1 Å². The fourth-order valence-electron chi connectivity index (χ4n) is 2.77. The molecule has 0 aromatic carbocycles. The molecule has 1 fully saturated rings. The van der Waals surface area contributed by atoms with Crippen LogP contribution in [0.2, 0.25) is 0 Å². The second kappa shape index (κ2) is 6.37. The predicted octanol–water partition coefficient (Wildman–Crippen LogP) is -2.60. The van der Waals surface area contributed by atoms with Gasteiger partial charge in [-0.05, 0) is 0 Å². The molecule has 15 heteroatoms. The minimum Gasteiger partial charge on any atom is -0.394 e. The quantitative estimate of drug-likeness (QED) is 0.228. The number of nitrogens with two attached hydrogens (primary N) is 1. The van der Waals surface area contributed by atoms with E-state index < -0.39 is 44.2 Å². The molecule has 1 aliphatic heterocycles. The van der Waals surface area contributed by atoms with Crippen LogP contribution in [0.3, 0.4) is 0 Å². The van der Waals surface area contributed by atoms with E-state index in [4.69, 9.17) is 25.0 Å². The third-order valence-corrected chi connectivity index (χ3v) is 4.37. The Morgan fingerprint density at radius 2 is 2.23 bits per heavy atom. The van der Waals surface area contributed by atoms with Crippen LogP contribution in [0.4, 0.5) is 5.95 Å². The minimum atomic E-state index is -5.07. The molecule has 0 bridgehead atoms. The first kappa shape index (κ1) is 18.9. The Labute approximate surface area is 144 Å². The van der Waals surface area contributed by atoms with Gasteiger partial charge in [0.2, 0.25) is 11.7 Å². The number of fused-ring (bicyclic) bond motifs is 1. The number of aliphatic hydroxyl groups excluding tert-OH is 1. The predicted molar refractivity (Wildman–Crippen MR) is 82.4 cm³/mol. The maximum Gasteiger partial charge on any atom is 0.470 e. The molecule has 0 spiro atoms. The van der Waals surface area contributed by atoms with E-state index in [2.05, 4.69) is 19.5 Å². The molecule has 0 amide bonds. The van der Waals surface area contributed by atoms with Gasteiger partial charge in [0.05, 0.1) is 12.9 Å². The van der Waals surface area contributed by atoms with Gasteiger partial charge in [-0.25, -0.2) is 9.55 Å². The fraction of sp³-hybridized carbons (Fsp3) is 0.545. The highest BCUT2D eigenvalue weighted by atomic mass is 31.2. The van der Waals surface area contributed by atoms with E-state index in [1.165, 1.54) is 0 Å². The summed E-state index contributed by atoms with van der Waals surface area (Å²) in [5, 5.41) is 20.3. The Hall–Kier alpha value is -1.90. The lowest BCUT2D eigenvalue weighted by Crippen LogP contribution is -2.49. The number of imidazole rings is 1. The molecule has 0 unspecified atom stereocenters. The summed E-state index contributed by atoms with van der Waals surface area (Å²) in [4.78, 5) is 40.0. The lowest BCUT2D eigenvalue weighted by molar-refractivity contribution is -0.261. The number of rotatable bonds is 5. The van der Waals surface area contributed by atoms with Crippen LogP contribution in [-0.2, 0) is 18.6 Å². The fourth-order valence-corrected chi connectivity index (χ4v) is 3.35. The van der Waals surface area contributed by atoms with Gasteiger partial charge in [-0.2, -0.15) is 4.98 Å². The van der Waals surface area contributed by atoms with Crippen molar-refractivity contribution >= 4 is 24.9 Å². The maximum atomic E-state index is 11.9. The summed E-state index contributed by atoms with van der Waals surface area (Å²) in [6.45, 7) is -0.754. The van der Waals surface area contributed by atoms with Gasteiger partial charge in [-0.15, -0.1) is 0 Å². The van der Waals surface area contributed by atoms with Crippen molar-refractivity contribution < 1.29 is 38.6 Å². The number of hydrogen-bond acceptors (Lipinski definition) is 10. The average Bonchev–Trinajstić information content (AvgIpc) is 3.07. The van der Waals surface area contributed by atoms with Crippen LogP contribution in [0.15, 0.2) is 11.1 Å². The number of hydrogen-bond donors (Lipinski definition) is 6. The SMILES string of the molecule is CO[C@@]1(O)[C@H](OP(=O)(O)O)[C@@H](CO)O[C@H]1n1cnc2c(=O)[nH]c(N)nc21. The molecule has 0 saturated carbocycles. The third kappa shape index (κ3) is 3.02. The number of H-pyrrole nitrogens is 1. The van der Waals surface area contributed by atoms with E-state index in [9.17, 15) is 19.6 Å². The van der Waals surface area contributed by atoms with E-state index in [1.54, 1.807) is 0 Å². The molecule has 144 valence electrons. The highest BCUT2D eigenvalue weighted by Crippen LogP contribution is 2.48. The van der Waals surface area contributed by atoms with Crippen LogP contribution in [0.25, 0.3) is 11.2 Å². The third-order valence-electron chi connectivity index (χ3n) is 3.86. The van der Waals surface area contributed by atoms with E-state index in [1.807, 2.05) is 0 Å². The number of ether oxygens (including phenoxy) is 2. The molecule has 14 nitrogen and oxygen atoms in total. The van der Waals surface area contributed by atoms with Crippen molar-refractivity contribution in [1.29, 1.82) is 0 Å². The second-order valence-electron chi connectivity index (χ2n) is 5.46. The van der Waals surface area contributed by atoms with Crippen LogP contribution >= 0.6 is 7.82 Å². The van der Waals surface area contributed by atoms with Gasteiger partial charge in [0.1, 0.15) is 6.10 Å². The first-order valence-corrected chi connectivity index (χ1v) is 8.64. The number of methoxy groups -OCH3 is 1. The molecule has 2 aromatic rings. The maximum absolute atomic E-state index is 11.9. The van der Waals surface area contributed by atoms with Gasteiger partial charge in [-0.3, -0.25) is 18.9 Å². The summed E-state index contributed by atoms with van der Waals surface area (Å²) >= 11 is 0. The van der Waals surface area contributed by atoms with Gasteiger partial charge in [0.15, 0.2) is 23.5 Å². The lowest BCUT2D eigenvalue weighted by atomic mass is 10.1. The Bertz CT molecular complexity index is 924. The number of nitrogens with zero attached hydrogens (tertiary/aromatic N) is 3. The van der Waals surface area contributed by atoms with Crippen LogP contribution in [0.5, 0.6) is 0 Å². The van der Waals surface area contributed by atoms with E-state index >= 15 is 0 Å². The molecule has 1 aliphatic rings. The Balaban J connectivity index is 2.13. The number of nitrogen functional groups attached to an aromatic ring is 1. The summed E-state index contributed by atoms with van der Waals surface area (Å²) in [5.74, 6) is -2.69. The first-order valence-electron chi connectivity index (χ1n) is 7.11. The highest BCUT2D eigenvalue weighted by Gasteiger charge is 2.60. The van der Waals surface area contributed by atoms with Crippen LogP contribution in [0, 0.1) is 0 Å².